The molecule has 0 fully saturated rings. The molecule has 1 N–H and O–H groups in total. The van der Waals surface area contributed by atoms with Crippen molar-refractivity contribution in [3.8, 4) is 0 Å². The van der Waals surface area contributed by atoms with Crippen molar-refractivity contribution in [1.29, 1.82) is 0 Å². The lowest BCUT2D eigenvalue weighted by Crippen LogP contribution is -2.43. The molecule has 0 saturated carbocycles. The number of carbonyl (C=O) groups excluding carboxylic acids is 1. The van der Waals surface area contributed by atoms with Crippen LogP contribution < -0.4 is 5.32 Å². The first kappa shape index (κ1) is 14.4. The van der Waals surface area contributed by atoms with Crippen molar-refractivity contribution >= 4 is 34.4 Å². The van der Waals surface area contributed by atoms with E-state index in [1.807, 2.05) is 36.4 Å². The Bertz CT molecular complexity index is 716. The second-order valence-corrected chi connectivity index (χ2v) is 7.63. The van der Waals surface area contributed by atoms with Crippen LogP contribution in [0, 0.1) is 0 Å². The molecule has 2 nitrogen and oxygen atoms in total. The van der Waals surface area contributed by atoms with Gasteiger partial charge in [0, 0.05) is 39.7 Å². The van der Waals surface area contributed by atoms with Crippen LogP contribution in [0.1, 0.15) is 34.6 Å². The maximum Gasteiger partial charge on any atom is 0.187 e. The molecule has 0 atom stereocenters. The standard InChI is InChI=1S/C17H16ClNOS/c1-17(2)10-15-12(8-16(18)21-15)13(19-17)9-14(20)11-6-4-3-5-7-11/h3-9,19H,10H2,1-2H3. The van der Waals surface area contributed by atoms with Crippen LogP contribution in [0.4, 0.5) is 0 Å². The van der Waals surface area contributed by atoms with E-state index in [1.165, 1.54) is 4.88 Å². The highest BCUT2D eigenvalue weighted by Gasteiger charge is 2.29. The zero-order chi connectivity index (χ0) is 15.0. The van der Waals surface area contributed by atoms with Gasteiger partial charge in [-0.25, -0.2) is 0 Å². The topological polar surface area (TPSA) is 29.1 Å². The van der Waals surface area contributed by atoms with Crippen LogP contribution in [-0.4, -0.2) is 11.3 Å². The highest BCUT2D eigenvalue weighted by atomic mass is 35.5. The van der Waals surface area contributed by atoms with Gasteiger partial charge in [0.1, 0.15) is 0 Å². The Morgan fingerprint density at radius 3 is 2.76 bits per heavy atom. The van der Waals surface area contributed by atoms with Crippen LogP contribution in [0.15, 0.2) is 42.5 Å². The number of benzene rings is 1. The molecule has 0 spiro atoms. The quantitative estimate of drug-likeness (QED) is 0.650. The van der Waals surface area contributed by atoms with Gasteiger partial charge in [-0.15, -0.1) is 11.3 Å². The van der Waals surface area contributed by atoms with Gasteiger partial charge in [0.05, 0.1) is 4.34 Å². The van der Waals surface area contributed by atoms with E-state index < -0.39 is 0 Å². The summed E-state index contributed by atoms with van der Waals surface area (Å²) in [4.78, 5) is 13.6. The van der Waals surface area contributed by atoms with Gasteiger partial charge in [0.25, 0.3) is 0 Å². The second kappa shape index (κ2) is 5.32. The lowest BCUT2D eigenvalue weighted by atomic mass is 9.91. The van der Waals surface area contributed by atoms with Gasteiger partial charge >= 0.3 is 0 Å². The summed E-state index contributed by atoms with van der Waals surface area (Å²) in [6.45, 7) is 4.26. The molecule has 108 valence electrons. The Morgan fingerprint density at radius 1 is 1.33 bits per heavy atom. The van der Waals surface area contributed by atoms with E-state index in [-0.39, 0.29) is 11.3 Å². The molecular weight excluding hydrogens is 302 g/mol. The molecular formula is C17H16ClNOS. The number of ketones is 1. The lowest BCUT2D eigenvalue weighted by molar-refractivity contribution is 0.104. The van der Waals surface area contributed by atoms with Gasteiger partial charge in [0.15, 0.2) is 5.78 Å². The fourth-order valence-electron chi connectivity index (χ4n) is 2.56. The van der Waals surface area contributed by atoms with Gasteiger partial charge in [-0.3, -0.25) is 4.79 Å². The van der Waals surface area contributed by atoms with Crippen molar-refractivity contribution in [2.24, 2.45) is 0 Å². The summed E-state index contributed by atoms with van der Waals surface area (Å²) < 4.78 is 0.762. The molecule has 0 saturated heterocycles. The fourth-order valence-corrected chi connectivity index (χ4v) is 4.08. The largest absolute Gasteiger partial charge is 0.379 e. The third-order valence-electron chi connectivity index (χ3n) is 3.48. The van der Waals surface area contributed by atoms with Crippen molar-refractivity contribution in [2.45, 2.75) is 25.8 Å². The molecule has 3 rings (SSSR count). The van der Waals surface area contributed by atoms with E-state index in [2.05, 4.69) is 19.2 Å². The van der Waals surface area contributed by atoms with Crippen LogP contribution in [-0.2, 0) is 6.42 Å². The Hall–Kier alpha value is -1.58. The fraction of sp³-hybridized carbons (Fsp3) is 0.235. The van der Waals surface area contributed by atoms with E-state index in [1.54, 1.807) is 17.4 Å². The highest BCUT2D eigenvalue weighted by molar-refractivity contribution is 7.16. The molecule has 1 aliphatic heterocycles. The van der Waals surface area contributed by atoms with Crippen LogP contribution in [0.3, 0.4) is 0 Å². The summed E-state index contributed by atoms with van der Waals surface area (Å²) in [7, 11) is 0. The van der Waals surface area contributed by atoms with E-state index in [0.717, 1.165) is 22.0 Å². The maximum absolute atomic E-state index is 12.4. The third-order valence-corrected chi connectivity index (χ3v) is 4.74. The number of thiophene rings is 1. The van der Waals surface area contributed by atoms with Crippen LogP contribution >= 0.6 is 22.9 Å². The molecule has 1 aromatic carbocycles. The van der Waals surface area contributed by atoms with Gasteiger partial charge in [-0.1, -0.05) is 41.9 Å². The second-order valence-electron chi connectivity index (χ2n) is 5.86. The van der Waals surface area contributed by atoms with E-state index in [4.69, 9.17) is 11.6 Å². The molecule has 0 unspecified atom stereocenters. The van der Waals surface area contributed by atoms with Gasteiger partial charge in [-0.05, 0) is 19.9 Å². The van der Waals surface area contributed by atoms with Gasteiger partial charge < -0.3 is 5.32 Å². The zero-order valence-electron chi connectivity index (χ0n) is 11.9. The van der Waals surface area contributed by atoms with E-state index in [9.17, 15) is 4.79 Å². The Labute approximate surface area is 133 Å². The summed E-state index contributed by atoms with van der Waals surface area (Å²) in [5.41, 5.74) is 2.52. The summed E-state index contributed by atoms with van der Waals surface area (Å²) in [5, 5.41) is 3.45. The minimum atomic E-state index is -0.0794. The van der Waals surface area contributed by atoms with E-state index >= 15 is 0 Å². The number of rotatable bonds is 2. The Kier molecular flexibility index (Phi) is 3.64. The maximum atomic E-state index is 12.4. The summed E-state index contributed by atoms with van der Waals surface area (Å²) >= 11 is 7.73. The SMILES string of the molecule is CC1(C)Cc2sc(Cl)cc2C(=CC(=O)c2ccccc2)N1. The predicted molar refractivity (Wildman–Crippen MR) is 89.0 cm³/mol. The molecule has 21 heavy (non-hydrogen) atoms. The first-order valence-corrected chi connectivity index (χ1v) is 8.02. The van der Waals surface area contributed by atoms with E-state index in [0.29, 0.717) is 5.56 Å². The van der Waals surface area contributed by atoms with Crippen molar-refractivity contribution in [1.82, 2.24) is 5.32 Å². The van der Waals surface area contributed by atoms with Crippen molar-refractivity contribution in [2.75, 3.05) is 0 Å². The number of nitrogens with one attached hydrogen (secondary N) is 1. The van der Waals surface area contributed by atoms with Crippen molar-refractivity contribution < 1.29 is 4.79 Å². The van der Waals surface area contributed by atoms with Crippen LogP contribution in [0.2, 0.25) is 4.34 Å². The number of carbonyl (C=O) groups is 1. The first-order chi connectivity index (χ1) is 9.94. The number of hydrogen-bond donors (Lipinski definition) is 1. The number of hydrogen-bond acceptors (Lipinski definition) is 3. The first-order valence-electron chi connectivity index (χ1n) is 6.82. The molecule has 2 aromatic rings. The molecule has 1 aliphatic rings. The normalized spacial score (nSPS) is 18.1. The molecule has 1 aromatic heterocycles. The smallest absolute Gasteiger partial charge is 0.187 e. The molecule has 0 radical (unpaired) electrons. The average Bonchev–Trinajstić information content (AvgIpc) is 2.78. The minimum Gasteiger partial charge on any atom is -0.379 e. The van der Waals surface area contributed by atoms with Crippen molar-refractivity contribution in [3.05, 3.63) is 62.8 Å². The number of halogens is 1. The lowest BCUT2D eigenvalue weighted by Gasteiger charge is -2.33. The minimum absolute atomic E-state index is 0.00377. The number of fused-ring (bicyclic) bond motifs is 1. The Balaban J connectivity index is 2.01. The summed E-state index contributed by atoms with van der Waals surface area (Å²) in [6.07, 6.45) is 2.59. The molecule has 0 bridgehead atoms. The summed E-state index contributed by atoms with van der Waals surface area (Å²) in [5.74, 6) is 0.00377. The third kappa shape index (κ3) is 3.04. The molecule has 0 amide bonds. The predicted octanol–water partition coefficient (Wildman–Crippen LogP) is 4.55. The molecule has 0 aliphatic carbocycles. The zero-order valence-corrected chi connectivity index (χ0v) is 13.5. The monoisotopic (exact) mass is 317 g/mol. The summed E-state index contributed by atoms with van der Waals surface area (Å²) in [6, 6.07) is 11.2. The van der Waals surface area contributed by atoms with Crippen LogP contribution in [0.5, 0.6) is 0 Å². The van der Waals surface area contributed by atoms with Crippen molar-refractivity contribution in [3.63, 3.8) is 0 Å². The molecule has 2 heterocycles. The molecule has 4 heteroatoms. The van der Waals surface area contributed by atoms with Gasteiger partial charge in [0.2, 0.25) is 0 Å². The Morgan fingerprint density at radius 2 is 2.05 bits per heavy atom. The number of allylic oxidation sites excluding steroid dienone is 1. The average molecular weight is 318 g/mol. The van der Waals surface area contributed by atoms with Crippen LogP contribution in [0.25, 0.3) is 5.70 Å². The highest BCUT2D eigenvalue weighted by Crippen LogP contribution is 2.37. The van der Waals surface area contributed by atoms with Gasteiger partial charge in [-0.2, -0.15) is 0 Å².